The van der Waals surface area contributed by atoms with E-state index in [4.69, 9.17) is 0 Å². The Morgan fingerprint density at radius 3 is 1.17 bits per heavy atom. The summed E-state index contributed by atoms with van der Waals surface area (Å²) in [4.78, 5) is 12.5. The zero-order chi connectivity index (χ0) is 39.4. The highest BCUT2D eigenvalue weighted by molar-refractivity contribution is 5.76. The fourth-order valence-electron chi connectivity index (χ4n) is 7.55. The summed E-state index contributed by atoms with van der Waals surface area (Å²) >= 11 is 0. The van der Waals surface area contributed by atoms with E-state index < -0.39 is 18.2 Å². The Labute approximate surface area is 337 Å². The lowest BCUT2D eigenvalue weighted by Crippen LogP contribution is -2.46. The van der Waals surface area contributed by atoms with Gasteiger partial charge in [-0.05, 0) is 44.9 Å². The van der Waals surface area contributed by atoms with Gasteiger partial charge in [-0.2, -0.15) is 0 Å². The lowest BCUT2D eigenvalue weighted by Gasteiger charge is -2.23. The maximum Gasteiger partial charge on any atom is 0.222 e. The number of aliphatic hydroxyl groups is 3. The molecule has 0 saturated heterocycles. The normalized spacial score (nSPS) is 13.6. The third kappa shape index (κ3) is 40.5. The molecule has 1 amide bonds. The van der Waals surface area contributed by atoms with Crippen LogP contribution in [0.1, 0.15) is 258 Å². The number of unbranched alkanes of at least 4 members (excludes halogenated alkanes) is 31. The van der Waals surface area contributed by atoms with Gasteiger partial charge in [0.15, 0.2) is 0 Å². The zero-order valence-electron chi connectivity index (χ0n) is 36.4. The minimum Gasteiger partial charge on any atom is -0.394 e. The molecule has 0 aromatic heterocycles. The van der Waals surface area contributed by atoms with Gasteiger partial charge in [0.1, 0.15) is 0 Å². The van der Waals surface area contributed by atoms with Crippen molar-refractivity contribution >= 4 is 5.91 Å². The van der Waals surface area contributed by atoms with Crippen LogP contribution >= 0.6 is 0 Å². The van der Waals surface area contributed by atoms with E-state index in [9.17, 15) is 20.1 Å². The predicted molar refractivity (Wildman–Crippen MR) is 236 cm³/mol. The zero-order valence-corrected chi connectivity index (χ0v) is 36.4. The molecule has 0 bridgehead atoms. The number of hydrogen-bond acceptors (Lipinski definition) is 4. The van der Waals surface area contributed by atoms with Crippen molar-refractivity contribution < 1.29 is 20.1 Å². The molecule has 320 valence electrons. The highest BCUT2D eigenvalue weighted by Gasteiger charge is 2.21. The first-order valence-corrected chi connectivity index (χ1v) is 24.1. The molecule has 5 nitrogen and oxygen atoms in total. The second kappa shape index (κ2) is 44.5. The van der Waals surface area contributed by atoms with Gasteiger partial charge < -0.3 is 20.6 Å². The first kappa shape index (κ1) is 52.8. The molecule has 0 radical (unpaired) electrons. The van der Waals surface area contributed by atoms with Crippen LogP contribution < -0.4 is 5.32 Å². The lowest BCUT2D eigenvalue weighted by atomic mass is 10.0. The lowest BCUT2D eigenvalue weighted by molar-refractivity contribution is -0.125. The molecule has 0 spiro atoms. The molecule has 5 heteroatoms. The number of allylic oxidation sites excluding steroid dienone is 4. The van der Waals surface area contributed by atoms with Crippen LogP contribution in [0, 0.1) is 0 Å². The molecule has 0 aliphatic rings. The third-order valence-corrected chi connectivity index (χ3v) is 11.3. The Morgan fingerprint density at radius 1 is 0.463 bits per heavy atom. The van der Waals surface area contributed by atoms with Gasteiger partial charge in [0.25, 0.3) is 0 Å². The Morgan fingerprint density at radius 2 is 0.796 bits per heavy atom. The van der Waals surface area contributed by atoms with Crippen LogP contribution in [0.2, 0.25) is 0 Å². The van der Waals surface area contributed by atoms with Gasteiger partial charge in [0.05, 0.1) is 31.3 Å². The summed E-state index contributed by atoms with van der Waals surface area (Å²) in [5.74, 6) is -0.288. The van der Waals surface area contributed by atoms with Crippen LogP contribution in [0.4, 0.5) is 0 Å². The summed E-state index contributed by atoms with van der Waals surface area (Å²) in [6.07, 6.45) is 54.4. The second-order valence-corrected chi connectivity index (χ2v) is 16.7. The van der Waals surface area contributed by atoms with E-state index in [0.29, 0.717) is 12.8 Å². The Kier molecular flexibility index (Phi) is 43.6. The fraction of sp³-hybridized carbons (Fsp3) is 0.898. The molecule has 0 heterocycles. The van der Waals surface area contributed by atoms with Crippen LogP contribution in [0.25, 0.3) is 0 Å². The number of rotatable bonds is 44. The molecule has 0 saturated carbocycles. The Balaban J connectivity index is 3.62. The van der Waals surface area contributed by atoms with Crippen LogP contribution in [-0.4, -0.2) is 46.1 Å². The predicted octanol–water partition coefficient (Wildman–Crippen LogP) is 14.2. The Bertz CT molecular complexity index is 799. The monoisotopic (exact) mass is 762 g/mol. The van der Waals surface area contributed by atoms with E-state index in [1.807, 2.05) is 0 Å². The molecule has 0 fully saturated rings. The average Bonchev–Trinajstić information content (AvgIpc) is 3.16. The van der Waals surface area contributed by atoms with Crippen molar-refractivity contribution in [3.8, 4) is 0 Å². The van der Waals surface area contributed by atoms with Gasteiger partial charge in [-0.25, -0.2) is 0 Å². The van der Waals surface area contributed by atoms with Gasteiger partial charge in [-0.3, -0.25) is 4.79 Å². The highest BCUT2D eigenvalue weighted by Crippen LogP contribution is 2.16. The van der Waals surface area contributed by atoms with Crippen molar-refractivity contribution in [2.75, 3.05) is 6.61 Å². The smallest absolute Gasteiger partial charge is 0.222 e. The van der Waals surface area contributed by atoms with Crippen molar-refractivity contribution in [2.45, 2.75) is 276 Å². The van der Waals surface area contributed by atoms with Crippen molar-refractivity contribution in [2.24, 2.45) is 0 Å². The molecule has 0 aliphatic heterocycles. The summed E-state index contributed by atoms with van der Waals surface area (Å²) in [6, 6.07) is -0.662. The SMILES string of the molecule is CCCCCCCCCCC/C=C\C/C=C\CCCCCCCC(O)CC(=O)NC(CO)C(O)CCCCCCCCCCCCCCCCCCCC. The van der Waals surface area contributed by atoms with Crippen molar-refractivity contribution in [3.05, 3.63) is 24.3 Å². The van der Waals surface area contributed by atoms with E-state index in [0.717, 1.165) is 44.9 Å². The van der Waals surface area contributed by atoms with E-state index in [-0.39, 0.29) is 18.9 Å². The number of carbonyl (C=O) groups excluding carboxylic acids is 1. The van der Waals surface area contributed by atoms with Crippen molar-refractivity contribution in [3.63, 3.8) is 0 Å². The van der Waals surface area contributed by atoms with Crippen LogP contribution in [0.5, 0.6) is 0 Å². The molecular weight excluding hydrogens is 667 g/mol. The van der Waals surface area contributed by atoms with Crippen LogP contribution in [0.3, 0.4) is 0 Å². The fourth-order valence-corrected chi connectivity index (χ4v) is 7.55. The van der Waals surface area contributed by atoms with Gasteiger partial charge in [0.2, 0.25) is 5.91 Å². The summed E-state index contributed by atoms with van der Waals surface area (Å²) in [5, 5.41) is 33.5. The second-order valence-electron chi connectivity index (χ2n) is 16.7. The van der Waals surface area contributed by atoms with Gasteiger partial charge in [-0.15, -0.1) is 0 Å². The minimum atomic E-state index is -0.752. The molecule has 3 unspecified atom stereocenters. The molecule has 0 rings (SSSR count). The summed E-state index contributed by atoms with van der Waals surface area (Å²) < 4.78 is 0. The van der Waals surface area contributed by atoms with Gasteiger partial charge in [-0.1, -0.05) is 231 Å². The third-order valence-electron chi connectivity index (χ3n) is 11.3. The average molecular weight is 762 g/mol. The number of hydrogen-bond donors (Lipinski definition) is 4. The van der Waals surface area contributed by atoms with E-state index in [1.54, 1.807) is 0 Å². The number of aliphatic hydroxyl groups excluding tert-OH is 3. The quantitative estimate of drug-likeness (QED) is 0.0368. The highest BCUT2D eigenvalue weighted by atomic mass is 16.3. The van der Waals surface area contributed by atoms with Gasteiger partial charge in [0, 0.05) is 0 Å². The first-order chi connectivity index (χ1) is 26.5. The molecule has 54 heavy (non-hydrogen) atoms. The molecule has 0 aromatic rings. The number of nitrogens with one attached hydrogen (secondary N) is 1. The first-order valence-electron chi connectivity index (χ1n) is 24.1. The number of amides is 1. The van der Waals surface area contributed by atoms with E-state index >= 15 is 0 Å². The largest absolute Gasteiger partial charge is 0.394 e. The summed E-state index contributed by atoms with van der Waals surface area (Å²) in [7, 11) is 0. The molecule has 3 atom stereocenters. The van der Waals surface area contributed by atoms with Crippen LogP contribution in [0.15, 0.2) is 24.3 Å². The Hall–Kier alpha value is -1.17. The number of carbonyl (C=O) groups is 1. The molecule has 0 aliphatic carbocycles. The maximum atomic E-state index is 12.5. The minimum absolute atomic E-state index is 0.0286. The molecule has 4 N–H and O–H groups in total. The summed E-state index contributed by atoms with van der Waals surface area (Å²) in [5.41, 5.74) is 0. The summed E-state index contributed by atoms with van der Waals surface area (Å²) in [6.45, 7) is 4.28. The van der Waals surface area contributed by atoms with E-state index in [2.05, 4.69) is 43.5 Å². The standard InChI is InChI=1S/C49H95NO4/c1-3-5-7-9-11-13-15-17-19-21-23-24-25-26-28-30-32-34-36-38-40-42-46(52)44-49(54)50-47(45-51)48(53)43-41-39-37-35-33-31-29-27-22-20-18-16-14-12-10-8-6-4-2/h23-24,26,28,46-48,51-53H,3-22,25,27,29-45H2,1-2H3,(H,50,54)/b24-23-,28-26-. The van der Waals surface area contributed by atoms with E-state index in [1.165, 1.54) is 180 Å². The van der Waals surface area contributed by atoms with Crippen LogP contribution in [-0.2, 0) is 4.79 Å². The molecular formula is C49H95NO4. The maximum absolute atomic E-state index is 12.5. The topological polar surface area (TPSA) is 89.8 Å². The van der Waals surface area contributed by atoms with Crippen molar-refractivity contribution in [1.29, 1.82) is 0 Å². The van der Waals surface area contributed by atoms with Crippen molar-refractivity contribution in [1.82, 2.24) is 5.32 Å². The molecule has 0 aromatic carbocycles. The van der Waals surface area contributed by atoms with Gasteiger partial charge >= 0.3 is 0 Å².